The molecule has 0 fully saturated rings. The number of hydrogen-bond acceptors (Lipinski definition) is 4. The van der Waals surface area contributed by atoms with Crippen LogP contribution in [0.3, 0.4) is 0 Å². The summed E-state index contributed by atoms with van der Waals surface area (Å²) in [7, 11) is 1.69. The molecule has 1 rings (SSSR count). The van der Waals surface area contributed by atoms with E-state index in [0.717, 1.165) is 6.54 Å². The van der Waals surface area contributed by atoms with Crippen molar-refractivity contribution in [3.63, 3.8) is 0 Å². The highest BCUT2D eigenvalue weighted by atomic mass is 16.4. The normalized spacial score (nSPS) is 13.8. The van der Waals surface area contributed by atoms with Crippen LogP contribution in [0.15, 0.2) is 12.4 Å². The van der Waals surface area contributed by atoms with E-state index in [2.05, 4.69) is 15.7 Å². The molecule has 0 saturated heterocycles. The number of rotatable bonds is 7. The van der Waals surface area contributed by atoms with Crippen molar-refractivity contribution in [2.45, 2.75) is 32.4 Å². The molecule has 106 valence electrons. The van der Waals surface area contributed by atoms with Crippen molar-refractivity contribution in [1.82, 2.24) is 20.4 Å². The minimum absolute atomic E-state index is 0.00773. The Hall–Kier alpha value is -1.89. The van der Waals surface area contributed by atoms with Gasteiger partial charge in [-0.05, 0) is 13.5 Å². The standard InChI is InChI=1S/C12H20N4O3/c1-4-13-8(2)5-10(17)15-11(12(18)19)9-6-14-16(3)7-9/h6-8,11,13H,4-5H2,1-3H3,(H,15,17)(H,18,19). The summed E-state index contributed by atoms with van der Waals surface area (Å²) in [6.45, 7) is 4.59. The van der Waals surface area contributed by atoms with Gasteiger partial charge in [0.2, 0.25) is 5.91 Å². The molecule has 0 aliphatic rings. The lowest BCUT2D eigenvalue weighted by Crippen LogP contribution is -2.38. The number of carbonyl (C=O) groups excluding carboxylic acids is 1. The first kappa shape index (κ1) is 15.2. The predicted octanol–water partition coefficient (Wildman–Crippen LogP) is 0.0501. The average molecular weight is 268 g/mol. The van der Waals surface area contributed by atoms with Crippen LogP contribution in [-0.4, -0.2) is 39.4 Å². The van der Waals surface area contributed by atoms with E-state index in [1.54, 1.807) is 13.2 Å². The van der Waals surface area contributed by atoms with Crippen LogP contribution in [0.2, 0.25) is 0 Å². The first-order valence-electron chi connectivity index (χ1n) is 6.18. The number of nitrogens with one attached hydrogen (secondary N) is 2. The maximum Gasteiger partial charge on any atom is 0.331 e. The molecular formula is C12H20N4O3. The first-order chi connectivity index (χ1) is 8.93. The van der Waals surface area contributed by atoms with Gasteiger partial charge in [0, 0.05) is 31.3 Å². The smallest absolute Gasteiger partial charge is 0.331 e. The molecule has 0 aromatic carbocycles. The second-order valence-electron chi connectivity index (χ2n) is 4.45. The number of aryl methyl sites for hydroxylation is 1. The molecule has 7 heteroatoms. The molecule has 19 heavy (non-hydrogen) atoms. The van der Waals surface area contributed by atoms with Crippen LogP contribution < -0.4 is 10.6 Å². The fourth-order valence-corrected chi connectivity index (χ4v) is 1.80. The van der Waals surface area contributed by atoms with Crippen molar-refractivity contribution in [3.8, 4) is 0 Å². The Labute approximate surface area is 112 Å². The van der Waals surface area contributed by atoms with Crippen molar-refractivity contribution in [2.75, 3.05) is 6.54 Å². The Balaban J connectivity index is 2.64. The van der Waals surface area contributed by atoms with Gasteiger partial charge < -0.3 is 15.7 Å². The lowest BCUT2D eigenvalue weighted by atomic mass is 10.1. The molecule has 7 nitrogen and oxygen atoms in total. The fourth-order valence-electron chi connectivity index (χ4n) is 1.80. The second-order valence-corrected chi connectivity index (χ2v) is 4.45. The van der Waals surface area contributed by atoms with E-state index in [-0.39, 0.29) is 18.4 Å². The molecule has 2 atom stereocenters. The van der Waals surface area contributed by atoms with Crippen LogP contribution in [0.5, 0.6) is 0 Å². The Kier molecular flexibility index (Phi) is 5.50. The van der Waals surface area contributed by atoms with Crippen molar-refractivity contribution in [2.24, 2.45) is 7.05 Å². The SMILES string of the molecule is CCNC(C)CC(=O)NC(C(=O)O)c1cnn(C)c1. The van der Waals surface area contributed by atoms with Crippen LogP contribution in [0.4, 0.5) is 0 Å². The van der Waals surface area contributed by atoms with E-state index in [4.69, 9.17) is 5.11 Å². The van der Waals surface area contributed by atoms with Gasteiger partial charge in [0.15, 0.2) is 6.04 Å². The third-order valence-electron chi connectivity index (χ3n) is 2.65. The van der Waals surface area contributed by atoms with Crippen LogP contribution in [-0.2, 0) is 16.6 Å². The number of nitrogens with zero attached hydrogens (tertiary/aromatic N) is 2. The van der Waals surface area contributed by atoms with Crippen LogP contribution >= 0.6 is 0 Å². The van der Waals surface area contributed by atoms with Gasteiger partial charge in [-0.15, -0.1) is 0 Å². The Morgan fingerprint density at radius 1 is 1.53 bits per heavy atom. The summed E-state index contributed by atoms with van der Waals surface area (Å²) >= 11 is 0. The molecular weight excluding hydrogens is 248 g/mol. The maximum atomic E-state index is 11.8. The number of aliphatic carboxylic acids is 1. The van der Waals surface area contributed by atoms with Gasteiger partial charge in [-0.1, -0.05) is 6.92 Å². The molecule has 2 unspecified atom stereocenters. The number of amides is 1. The monoisotopic (exact) mass is 268 g/mol. The van der Waals surface area contributed by atoms with E-state index in [0.29, 0.717) is 5.56 Å². The van der Waals surface area contributed by atoms with Crippen LogP contribution in [0.1, 0.15) is 31.9 Å². The summed E-state index contributed by atoms with van der Waals surface area (Å²) in [4.78, 5) is 23.0. The lowest BCUT2D eigenvalue weighted by Gasteiger charge is -2.16. The summed E-state index contributed by atoms with van der Waals surface area (Å²) in [5.74, 6) is -1.40. The van der Waals surface area contributed by atoms with Gasteiger partial charge in [-0.25, -0.2) is 4.79 Å². The zero-order valence-electron chi connectivity index (χ0n) is 11.4. The molecule has 0 saturated carbocycles. The number of aromatic nitrogens is 2. The Morgan fingerprint density at radius 2 is 2.21 bits per heavy atom. The van der Waals surface area contributed by atoms with Crippen molar-refractivity contribution in [1.29, 1.82) is 0 Å². The molecule has 0 bridgehead atoms. The lowest BCUT2D eigenvalue weighted by molar-refractivity contribution is -0.142. The predicted molar refractivity (Wildman–Crippen MR) is 69.5 cm³/mol. The quantitative estimate of drug-likeness (QED) is 0.649. The van der Waals surface area contributed by atoms with E-state index in [1.807, 2.05) is 13.8 Å². The summed E-state index contributed by atoms with van der Waals surface area (Å²) < 4.78 is 1.50. The topological polar surface area (TPSA) is 96.2 Å². The number of hydrogen-bond donors (Lipinski definition) is 3. The van der Waals surface area contributed by atoms with Gasteiger partial charge in [0.1, 0.15) is 0 Å². The zero-order valence-corrected chi connectivity index (χ0v) is 11.4. The molecule has 3 N–H and O–H groups in total. The largest absolute Gasteiger partial charge is 0.479 e. The van der Waals surface area contributed by atoms with Gasteiger partial charge in [0.05, 0.1) is 6.20 Å². The van der Waals surface area contributed by atoms with Crippen LogP contribution in [0.25, 0.3) is 0 Å². The molecule has 1 aromatic rings. The summed E-state index contributed by atoms with van der Waals surface area (Å²) in [5.41, 5.74) is 0.458. The van der Waals surface area contributed by atoms with E-state index < -0.39 is 12.0 Å². The maximum absolute atomic E-state index is 11.8. The third-order valence-corrected chi connectivity index (χ3v) is 2.65. The van der Waals surface area contributed by atoms with E-state index in [1.165, 1.54) is 10.9 Å². The van der Waals surface area contributed by atoms with E-state index in [9.17, 15) is 9.59 Å². The third kappa shape index (κ3) is 4.70. The molecule has 0 aliphatic heterocycles. The van der Waals surface area contributed by atoms with Gasteiger partial charge in [-0.2, -0.15) is 5.10 Å². The van der Waals surface area contributed by atoms with Crippen LogP contribution in [0, 0.1) is 0 Å². The highest BCUT2D eigenvalue weighted by Crippen LogP contribution is 2.12. The van der Waals surface area contributed by atoms with Crippen molar-refractivity contribution in [3.05, 3.63) is 18.0 Å². The summed E-state index contributed by atoms with van der Waals surface area (Å²) in [6, 6.07) is -1.05. The first-order valence-corrected chi connectivity index (χ1v) is 6.18. The molecule has 0 radical (unpaired) electrons. The summed E-state index contributed by atoms with van der Waals surface area (Å²) in [6.07, 6.45) is 3.25. The highest BCUT2D eigenvalue weighted by Gasteiger charge is 2.23. The minimum atomic E-state index is -1.10. The summed E-state index contributed by atoms with van der Waals surface area (Å²) in [5, 5.41) is 18.7. The van der Waals surface area contributed by atoms with Gasteiger partial charge >= 0.3 is 5.97 Å². The average Bonchev–Trinajstić information content (AvgIpc) is 2.72. The molecule has 1 heterocycles. The second kappa shape index (κ2) is 6.89. The Morgan fingerprint density at radius 3 is 2.68 bits per heavy atom. The van der Waals surface area contributed by atoms with Gasteiger partial charge in [-0.3, -0.25) is 9.48 Å². The molecule has 0 spiro atoms. The number of carboxylic acids is 1. The van der Waals surface area contributed by atoms with Crippen molar-refractivity contribution >= 4 is 11.9 Å². The number of carbonyl (C=O) groups is 2. The van der Waals surface area contributed by atoms with Gasteiger partial charge in [0.25, 0.3) is 0 Å². The number of carboxylic acid groups (broad SMARTS) is 1. The molecule has 1 aromatic heterocycles. The van der Waals surface area contributed by atoms with E-state index >= 15 is 0 Å². The zero-order chi connectivity index (χ0) is 14.4. The highest BCUT2D eigenvalue weighted by molar-refractivity contribution is 5.84. The fraction of sp³-hybridized carbons (Fsp3) is 0.583. The minimum Gasteiger partial charge on any atom is -0.479 e. The van der Waals surface area contributed by atoms with Crippen molar-refractivity contribution < 1.29 is 14.7 Å². The molecule has 0 aliphatic carbocycles. The molecule has 1 amide bonds. The Bertz CT molecular complexity index is 444.